The van der Waals surface area contributed by atoms with Crippen molar-refractivity contribution in [1.82, 2.24) is 5.32 Å². The molecule has 2 nitrogen and oxygen atoms in total. The van der Waals surface area contributed by atoms with E-state index in [1.807, 2.05) is 18.2 Å². The summed E-state index contributed by atoms with van der Waals surface area (Å²) in [5.41, 5.74) is 0.299. The molecule has 1 unspecified atom stereocenters. The average Bonchev–Trinajstić information content (AvgIpc) is 2.81. The third-order valence-corrected chi connectivity index (χ3v) is 3.17. The molecule has 0 bridgehead atoms. The fourth-order valence-electron chi connectivity index (χ4n) is 2.26. The minimum absolute atomic E-state index is 0.0821. The summed E-state index contributed by atoms with van der Waals surface area (Å²) in [6.45, 7) is 0. The standard InChI is InChI=1S/C14H11F3N2/c15-14(16,17)10-6-2-1-5-9(10)13-18-11-7-3-4-8-12(11)19-13/h1-7,12H,8H2,(H,18,19). The highest BCUT2D eigenvalue weighted by atomic mass is 19.4. The van der Waals surface area contributed by atoms with Crippen LogP contribution in [0, 0.1) is 0 Å². The number of allylic oxidation sites excluding steroid dienone is 2. The second-order valence-corrected chi connectivity index (χ2v) is 4.45. The third-order valence-electron chi connectivity index (χ3n) is 3.17. The molecular formula is C14H11F3N2. The molecule has 0 saturated heterocycles. The topological polar surface area (TPSA) is 24.4 Å². The second-order valence-electron chi connectivity index (χ2n) is 4.45. The van der Waals surface area contributed by atoms with Gasteiger partial charge in [-0.1, -0.05) is 30.4 Å². The van der Waals surface area contributed by atoms with E-state index < -0.39 is 11.7 Å². The average molecular weight is 264 g/mol. The lowest BCUT2D eigenvalue weighted by Gasteiger charge is -2.13. The highest BCUT2D eigenvalue weighted by Crippen LogP contribution is 2.33. The molecule has 1 aliphatic heterocycles. The van der Waals surface area contributed by atoms with E-state index in [1.165, 1.54) is 12.1 Å². The van der Waals surface area contributed by atoms with Gasteiger partial charge in [0.05, 0.1) is 11.6 Å². The number of benzene rings is 1. The molecule has 0 amide bonds. The van der Waals surface area contributed by atoms with Gasteiger partial charge in [0.25, 0.3) is 0 Å². The quantitative estimate of drug-likeness (QED) is 0.827. The Kier molecular flexibility index (Phi) is 2.69. The van der Waals surface area contributed by atoms with Crippen molar-refractivity contribution in [2.24, 2.45) is 4.99 Å². The van der Waals surface area contributed by atoms with Gasteiger partial charge in [0.2, 0.25) is 0 Å². The molecule has 3 rings (SSSR count). The number of fused-ring (bicyclic) bond motifs is 1. The van der Waals surface area contributed by atoms with E-state index in [4.69, 9.17) is 0 Å². The number of hydrogen-bond acceptors (Lipinski definition) is 2. The summed E-state index contributed by atoms with van der Waals surface area (Å²) in [7, 11) is 0. The van der Waals surface area contributed by atoms with E-state index in [0.29, 0.717) is 5.84 Å². The smallest absolute Gasteiger partial charge is 0.342 e. The van der Waals surface area contributed by atoms with Gasteiger partial charge in [0.1, 0.15) is 5.84 Å². The van der Waals surface area contributed by atoms with Crippen molar-refractivity contribution >= 4 is 5.84 Å². The first-order valence-corrected chi connectivity index (χ1v) is 5.94. The van der Waals surface area contributed by atoms with E-state index in [2.05, 4.69) is 10.3 Å². The van der Waals surface area contributed by atoms with Gasteiger partial charge in [-0.3, -0.25) is 4.99 Å². The number of hydrogen-bond donors (Lipinski definition) is 1. The lowest BCUT2D eigenvalue weighted by Crippen LogP contribution is -2.23. The van der Waals surface area contributed by atoms with Crippen molar-refractivity contribution in [1.29, 1.82) is 0 Å². The molecule has 1 atom stereocenters. The zero-order valence-corrected chi connectivity index (χ0v) is 9.91. The summed E-state index contributed by atoms with van der Waals surface area (Å²) in [5.74, 6) is 0.299. The maximum atomic E-state index is 13.0. The Hall–Kier alpha value is -2.04. The molecule has 98 valence electrons. The third kappa shape index (κ3) is 2.16. The van der Waals surface area contributed by atoms with Crippen LogP contribution in [0.5, 0.6) is 0 Å². The molecule has 1 aromatic carbocycles. The predicted molar refractivity (Wildman–Crippen MR) is 66.7 cm³/mol. The van der Waals surface area contributed by atoms with Gasteiger partial charge in [-0.05, 0) is 18.6 Å². The van der Waals surface area contributed by atoms with Crippen LogP contribution < -0.4 is 5.32 Å². The van der Waals surface area contributed by atoms with Crippen LogP contribution in [0.1, 0.15) is 17.5 Å². The first-order valence-electron chi connectivity index (χ1n) is 5.94. The Morgan fingerprint density at radius 2 is 2.00 bits per heavy atom. The summed E-state index contributed by atoms with van der Waals surface area (Å²) in [5, 5.41) is 2.98. The van der Waals surface area contributed by atoms with E-state index in [0.717, 1.165) is 18.2 Å². The zero-order valence-electron chi connectivity index (χ0n) is 9.91. The maximum Gasteiger partial charge on any atom is 0.417 e. The van der Waals surface area contributed by atoms with Crippen molar-refractivity contribution in [3.63, 3.8) is 0 Å². The summed E-state index contributed by atoms with van der Waals surface area (Å²) in [6, 6.07) is 5.41. The molecule has 1 aliphatic carbocycles. The van der Waals surface area contributed by atoms with Crippen LogP contribution in [0.3, 0.4) is 0 Å². The molecule has 0 radical (unpaired) electrons. The van der Waals surface area contributed by atoms with Gasteiger partial charge in [-0.25, -0.2) is 0 Å². The molecule has 1 N–H and O–H groups in total. The number of nitrogens with zero attached hydrogens (tertiary/aromatic N) is 1. The number of rotatable bonds is 1. The Labute approximate surface area is 108 Å². The summed E-state index contributed by atoms with van der Waals surface area (Å²) in [4.78, 5) is 4.34. The Morgan fingerprint density at radius 3 is 2.74 bits per heavy atom. The number of amidine groups is 1. The van der Waals surface area contributed by atoms with Crippen LogP contribution in [-0.2, 0) is 6.18 Å². The number of alkyl halides is 3. The van der Waals surface area contributed by atoms with Crippen LogP contribution >= 0.6 is 0 Å². The fraction of sp³-hybridized carbons (Fsp3) is 0.214. The van der Waals surface area contributed by atoms with Crippen molar-refractivity contribution in [2.75, 3.05) is 0 Å². The van der Waals surface area contributed by atoms with Gasteiger partial charge in [0.15, 0.2) is 0 Å². The largest absolute Gasteiger partial charge is 0.417 e. The normalized spacial score (nSPS) is 21.5. The Balaban J connectivity index is 2.01. The van der Waals surface area contributed by atoms with Crippen molar-refractivity contribution < 1.29 is 13.2 Å². The lowest BCUT2D eigenvalue weighted by atomic mass is 10.1. The fourth-order valence-corrected chi connectivity index (χ4v) is 2.26. The number of nitrogens with one attached hydrogen (secondary N) is 1. The van der Waals surface area contributed by atoms with Crippen molar-refractivity contribution in [3.8, 4) is 0 Å². The minimum atomic E-state index is -4.37. The van der Waals surface area contributed by atoms with Crippen LogP contribution in [0.2, 0.25) is 0 Å². The van der Waals surface area contributed by atoms with Gasteiger partial charge < -0.3 is 5.32 Å². The minimum Gasteiger partial charge on any atom is -0.342 e. The van der Waals surface area contributed by atoms with E-state index in [9.17, 15) is 13.2 Å². The summed E-state index contributed by atoms with van der Waals surface area (Å²) in [6.07, 6.45) is 2.03. The number of halogens is 3. The van der Waals surface area contributed by atoms with Crippen molar-refractivity contribution in [3.05, 3.63) is 59.3 Å². The molecule has 1 aromatic rings. The second kappa shape index (κ2) is 4.26. The highest BCUT2D eigenvalue weighted by molar-refractivity contribution is 6.03. The van der Waals surface area contributed by atoms with E-state index >= 15 is 0 Å². The molecular weight excluding hydrogens is 253 g/mol. The van der Waals surface area contributed by atoms with E-state index in [-0.39, 0.29) is 11.6 Å². The van der Waals surface area contributed by atoms with Crippen LogP contribution in [-0.4, -0.2) is 11.9 Å². The number of aliphatic imine (C=N–C) groups is 1. The van der Waals surface area contributed by atoms with E-state index in [1.54, 1.807) is 6.07 Å². The molecule has 1 heterocycles. The molecule has 0 aromatic heterocycles. The molecule has 19 heavy (non-hydrogen) atoms. The maximum absolute atomic E-state index is 13.0. The van der Waals surface area contributed by atoms with Crippen LogP contribution in [0.25, 0.3) is 0 Å². The first kappa shape index (κ1) is 12.0. The highest BCUT2D eigenvalue weighted by Gasteiger charge is 2.35. The molecule has 0 spiro atoms. The molecule has 0 saturated carbocycles. The van der Waals surface area contributed by atoms with Gasteiger partial charge in [0, 0.05) is 11.3 Å². The monoisotopic (exact) mass is 264 g/mol. The zero-order chi connectivity index (χ0) is 13.5. The van der Waals surface area contributed by atoms with Gasteiger partial charge >= 0.3 is 6.18 Å². The Bertz CT molecular complexity index is 597. The SMILES string of the molecule is FC(F)(F)c1ccccc1C1=NC2CC=CC=C2N1. The Morgan fingerprint density at radius 1 is 1.21 bits per heavy atom. The lowest BCUT2D eigenvalue weighted by molar-refractivity contribution is -0.137. The predicted octanol–water partition coefficient (Wildman–Crippen LogP) is 3.27. The molecule has 0 fully saturated rings. The van der Waals surface area contributed by atoms with Crippen LogP contribution in [0.15, 0.2) is 53.2 Å². The molecule has 5 heteroatoms. The van der Waals surface area contributed by atoms with Crippen LogP contribution in [0.4, 0.5) is 13.2 Å². The summed E-state index contributed by atoms with van der Waals surface area (Å²) < 4.78 is 38.9. The van der Waals surface area contributed by atoms with Gasteiger partial charge in [-0.15, -0.1) is 0 Å². The van der Waals surface area contributed by atoms with Gasteiger partial charge in [-0.2, -0.15) is 13.2 Å². The molecule has 2 aliphatic rings. The van der Waals surface area contributed by atoms with Crippen molar-refractivity contribution in [2.45, 2.75) is 18.6 Å². The summed E-state index contributed by atoms with van der Waals surface area (Å²) >= 11 is 0. The first-order chi connectivity index (χ1) is 9.05.